The normalized spacial score (nSPS) is 12.0. The number of ether oxygens (including phenoxy) is 5. The third-order valence-corrected chi connectivity index (χ3v) is 5.19. The summed E-state index contributed by atoms with van der Waals surface area (Å²) in [5, 5.41) is 0. The van der Waals surface area contributed by atoms with E-state index in [9.17, 15) is 8.78 Å². The zero-order chi connectivity index (χ0) is 27.2. The van der Waals surface area contributed by atoms with Gasteiger partial charge in [-0.1, -0.05) is 0 Å². The van der Waals surface area contributed by atoms with Crippen LogP contribution in [0.2, 0.25) is 0 Å². The van der Waals surface area contributed by atoms with Crippen LogP contribution in [0.4, 0.5) is 14.7 Å². The van der Waals surface area contributed by atoms with Crippen molar-refractivity contribution >= 4 is 5.95 Å². The van der Waals surface area contributed by atoms with E-state index in [0.29, 0.717) is 23.0 Å². The van der Waals surface area contributed by atoms with E-state index >= 15 is 0 Å². The number of aromatic nitrogens is 2. The minimum atomic E-state index is -3.29. The van der Waals surface area contributed by atoms with E-state index in [2.05, 4.69) is 9.97 Å². The van der Waals surface area contributed by atoms with Crippen molar-refractivity contribution in [2.24, 2.45) is 0 Å². The first-order chi connectivity index (χ1) is 17.7. The molecule has 0 unspecified atom stereocenters. The second kappa shape index (κ2) is 12.0. The molecule has 1 aromatic heterocycles. The molecule has 0 N–H and O–H groups in total. The lowest BCUT2D eigenvalue weighted by Gasteiger charge is -2.25. The maximum atomic E-state index is 13.4. The average Bonchev–Trinajstić information content (AvgIpc) is 2.92. The van der Waals surface area contributed by atoms with Crippen molar-refractivity contribution in [3.05, 3.63) is 59.3 Å². The summed E-state index contributed by atoms with van der Waals surface area (Å²) in [7, 11) is 7.42. The molecule has 188 valence electrons. The monoisotopic (exact) mass is 491 g/mol. The number of benzene rings is 2. The molecular weight excluding hydrogens is 460 g/mol. The molecule has 8 nitrogen and oxygen atoms in total. The van der Waals surface area contributed by atoms with Gasteiger partial charge in [0.05, 0.1) is 35.5 Å². The van der Waals surface area contributed by atoms with Gasteiger partial charge in [0.1, 0.15) is 23.0 Å². The smallest absolute Gasteiger partial charge is 0.242 e. The number of halogens is 2. The van der Waals surface area contributed by atoms with Crippen LogP contribution < -0.4 is 28.6 Å². The van der Waals surface area contributed by atoms with Crippen LogP contribution in [0.5, 0.6) is 28.9 Å². The van der Waals surface area contributed by atoms with Crippen molar-refractivity contribution in [2.45, 2.75) is 25.9 Å². The second-order valence-corrected chi connectivity index (χ2v) is 7.25. The van der Waals surface area contributed by atoms with Gasteiger partial charge in [-0.15, -0.1) is 0 Å². The van der Waals surface area contributed by atoms with E-state index < -0.39 is 18.4 Å². The zero-order valence-corrected chi connectivity index (χ0v) is 20.2. The number of methoxy groups -OCH3 is 5. The Bertz CT molecular complexity index is 1160. The Hall–Kier alpha value is -3.82. The topological polar surface area (TPSA) is 75.2 Å². The van der Waals surface area contributed by atoms with Gasteiger partial charge in [0.25, 0.3) is 0 Å². The third-order valence-electron chi connectivity index (χ3n) is 5.19. The molecule has 0 atom stereocenters. The Morgan fingerprint density at radius 3 is 1.77 bits per heavy atom. The highest BCUT2D eigenvalue weighted by molar-refractivity contribution is 5.47. The molecule has 0 bridgehead atoms. The Kier molecular flexibility index (Phi) is 7.90. The summed E-state index contributed by atoms with van der Waals surface area (Å²) < 4.78 is 69.2. The minimum Gasteiger partial charge on any atom is -0.497 e. The van der Waals surface area contributed by atoms with Crippen LogP contribution in [0.3, 0.4) is 0 Å². The maximum absolute atomic E-state index is 13.4. The molecule has 10 heteroatoms. The van der Waals surface area contributed by atoms with Crippen molar-refractivity contribution in [1.82, 2.24) is 9.97 Å². The predicted molar refractivity (Wildman–Crippen MR) is 127 cm³/mol. The number of alkyl halides is 2. The highest BCUT2D eigenvalue weighted by Gasteiger charge is 2.20. The molecule has 0 fully saturated rings. The molecule has 3 rings (SSSR count). The number of hydrogen-bond acceptors (Lipinski definition) is 8. The Morgan fingerprint density at radius 2 is 1.34 bits per heavy atom. The van der Waals surface area contributed by atoms with Crippen LogP contribution >= 0.6 is 0 Å². The largest absolute Gasteiger partial charge is 0.497 e. The fraction of sp³-hybridized carbons (Fsp3) is 0.360. The molecule has 0 aliphatic carbocycles. The molecule has 3 aromatic rings. The van der Waals surface area contributed by atoms with Gasteiger partial charge in [-0.25, -0.2) is 13.8 Å². The molecule has 2 aromatic carbocycles. The maximum Gasteiger partial charge on any atom is 0.242 e. The van der Waals surface area contributed by atoms with Gasteiger partial charge in [0.2, 0.25) is 18.3 Å². The van der Waals surface area contributed by atoms with E-state index in [4.69, 9.17) is 26.4 Å². The summed E-state index contributed by atoms with van der Waals surface area (Å²) in [6.07, 6.45) is -5.26. The van der Waals surface area contributed by atoms with Crippen molar-refractivity contribution < 1.29 is 35.2 Å². The highest BCUT2D eigenvalue weighted by atomic mass is 19.3. The third kappa shape index (κ3) is 6.40. The van der Waals surface area contributed by atoms with Crippen molar-refractivity contribution in [3.8, 4) is 28.9 Å². The van der Waals surface area contributed by atoms with Crippen molar-refractivity contribution in [2.75, 3.05) is 40.4 Å². The lowest BCUT2D eigenvalue weighted by atomic mass is 10.1. The van der Waals surface area contributed by atoms with Gasteiger partial charge < -0.3 is 28.6 Å². The van der Waals surface area contributed by atoms with E-state index in [0.717, 1.165) is 17.3 Å². The Labute approximate surface area is 206 Å². The first kappa shape index (κ1) is 22.9. The lowest BCUT2D eigenvalue weighted by Crippen LogP contribution is -2.25. The molecule has 35 heavy (non-hydrogen) atoms. The van der Waals surface area contributed by atoms with Gasteiger partial charge >= 0.3 is 0 Å². The minimum absolute atomic E-state index is 0.126. The van der Waals surface area contributed by atoms with Crippen LogP contribution in [0.1, 0.15) is 19.4 Å². The molecule has 0 saturated heterocycles. The number of hydrogen-bond donors (Lipinski definition) is 0. The van der Waals surface area contributed by atoms with Gasteiger partial charge in [0, 0.05) is 57.2 Å². The molecule has 0 radical (unpaired) electrons. The van der Waals surface area contributed by atoms with Crippen LogP contribution in [0.25, 0.3) is 0 Å². The zero-order valence-electron chi connectivity index (χ0n) is 22.2. The van der Waals surface area contributed by atoms with Gasteiger partial charge in [0.15, 0.2) is 0 Å². The fourth-order valence-corrected chi connectivity index (χ4v) is 3.46. The van der Waals surface area contributed by atoms with E-state index in [1.165, 1.54) is 21.3 Å². The fourth-order valence-electron chi connectivity index (χ4n) is 3.46. The SMILES string of the molecule is [2H]C([2H])(c1cnc(N(Cc2ccc(OC)cc2OC)Cc2ccc(OC)cc2OC)nc1OC)C(F)F. The van der Waals surface area contributed by atoms with Crippen molar-refractivity contribution in [3.63, 3.8) is 0 Å². The average molecular weight is 492 g/mol. The lowest BCUT2D eigenvalue weighted by molar-refractivity contribution is 0.147. The summed E-state index contributed by atoms with van der Waals surface area (Å²) >= 11 is 0. The van der Waals surface area contributed by atoms with E-state index in [-0.39, 0.29) is 24.9 Å². The second-order valence-electron chi connectivity index (χ2n) is 7.25. The quantitative estimate of drug-likeness (QED) is 0.366. The van der Waals surface area contributed by atoms with Crippen LogP contribution in [-0.4, -0.2) is 51.9 Å². The van der Waals surface area contributed by atoms with E-state index in [1.54, 1.807) is 43.4 Å². The number of rotatable bonds is 12. The van der Waals surface area contributed by atoms with Gasteiger partial charge in [-0.3, -0.25) is 0 Å². The van der Waals surface area contributed by atoms with E-state index in [1.807, 2.05) is 12.1 Å². The first-order valence-corrected chi connectivity index (χ1v) is 10.5. The predicted octanol–water partition coefficient (Wildman–Crippen LogP) is 4.53. The number of nitrogens with zero attached hydrogens (tertiary/aromatic N) is 3. The molecule has 0 aliphatic heterocycles. The van der Waals surface area contributed by atoms with Crippen LogP contribution in [0.15, 0.2) is 42.6 Å². The number of anilines is 1. The summed E-state index contributed by atoms with van der Waals surface area (Å²) in [5.41, 5.74) is 1.09. The molecule has 1 heterocycles. The standard InChI is InChI=1S/C25H29F2N3O5/c1-31-19-8-6-16(21(11-19)33-3)14-30(15-17-7-9-20(32-2)12-22(17)34-4)25-28-13-18(10-23(26)27)24(29-25)35-5/h6-9,11-13,23H,10,14-15H2,1-5H3/i10D2. The molecule has 0 amide bonds. The van der Waals surface area contributed by atoms with Crippen LogP contribution in [-0.2, 0) is 19.5 Å². The summed E-state index contributed by atoms with van der Waals surface area (Å²) in [4.78, 5) is 10.3. The van der Waals surface area contributed by atoms with Crippen LogP contribution in [0, 0.1) is 0 Å². The Morgan fingerprint density at radius 1 is 0.800 bits per heavy atom. The highest BCUT2D eigenvalue weighted by Crippen LogP contribution is 2.31. The molecular formula is C25H29F2N3O5. The summed E-state index contributed by atoms with van der Waals surface area (Å²) in [5.74, 6) is 2.18. The Balaban J connectivity index is 2.10. The summed E-state index contributed by atoms with van der Waals surface area (Å²) in [6, 6.07) is 10.7. The molecule has 0 saturated carbocycles. The molecule has 0 aliphatic rings. The van der Waals surface area contributed by atoms with Gasteiger partial charge in [-0.05, 0) is 24.3 Å². The van der Waals surface area contributed by atoms with Crippen molar-refractivity contribution in [1.29, 1.82) is 0 Å². The first-order valence-electron chi connectivity index (χ1n) is 11.5. The van der Waals surface area contributed by atoms with Gasteiger partial charge in [-0.2, -0.15) is 4.98 Å². The molecule has 0 spiro atoms. The summed E-state index contributed by atoms with van der Waals surface area (Å²) in [6.45, 7) is 0.485.